The lowest BCUT2D eigenvalue weighted by Crippen LogP contribution is -2.57. The summed E-state index contributed by atoms with van der Waals surface area (Å²) < 4.78 is 54.6. The highest BCUT2D eigenvalue weighted by Crippen LogP contribution is 2.62. The van der Waals surface area contributed by atoms with Crippen LogP contribution in [0.2, 0.25) is 0 Å². The Bertz CT molecular complexity index is 1000. The zero-order valence-electron chi connectivity index (χ0n) is 17.7. The molecule has 0 aliphatic heterocycles. The molecule has 1 aromatic carbocycles. The lowest BCUT2D eigenvalue weighted by molar-refractivity contribution is -0.152. The Hall–Kier alpha value is -1.87. The largest absolute Gasteiger partial charge is 0.369 e. The summed E-state index contributed by atoms with van der Waals surface area (Å²) in [5, 5.41) is 0. The molecule has 6 nitrogen and oxygen atoms in total. The van der Waals surface area contributed by atoms with Crippen LogP contribution in [-0.2, 0) is 19.6 Å². The van der Waals surface area contributed by atoms with Crippen LogP contribution in [0.25, 0.3) is 0 Å². The van der Waals surface area contributed by atoms with Gasteiger partial charge in [-0.3, -0.25) is 9.59 Å². The topological polar surface area (TPSA) is 106 Å². The highest BCUT2D eigenvalue weighted by Gasteiger charge is 2.58. The van der Waals surface area contributed by atoms with Crippen LogP contribution in [0.4, 0.5) is 8.78 Å². The molecule has 2 atom stereocenters. The summed E-state index contributed by atoms with van der Waals surface area (Å²) in [6, 6.07) is 2.01. The van der Waals surface area contributed by atoms with Gasteiger partial charge in [0.25, 0.3) is 0 Å². The van der Waals surface area contributed by atoms with Gasteiger partial charge in [0, 0.05) is 17.9 Å². The molecule has 4 aliphatic carbocycles. The minimum absolute atomic E-state index is 0.0897. The maximum atomic E-state index is 13.5. The lowest BCUT2D eigenvalue weighted by atomic mass is 9.45. The third-order valence-electron chi connectivity index (χ3n) is 7.65. The van der Waals surface area contributed by atoms with Gasteiger partial charge in [-0.2, -0.15) is 4.72 Å². The van der Waals surface area contributed by atoms with Gasteiger partial charge in [0.1, 0.15) is 11.6 Å². The molecule has 0 heterocycles. The van der Waals surface area contributed by atoms with Crippen LogP contribution in [0.15, 0.2) is 23.1 Å². The van der Waals surface area contributed by atoms with Crippen LogP contribution >= 0.6 is 0 Å². The Balaban J connectivity index is 1.49. The second-order valence-corrected chi connectivity index (χ2v) is 11.9. The van der Waals surface area contributed by atoms with Crippen LogP contribution in [0.1, 0.15) is 52.4 Å². The summed E-state index contributed by atoms with van der Waals surface area (Å²) >= 11 is 0. The highest BCUT2D eigenvalue weighted by molar-refractivity contribution is 7.89. The lowest BCUT2D eigenvalue weighted by Gasteiger charge is -2.59. The van der Waals surface area contributed by atoms with Crippen molar-refractivity contribution in [3.63, 3.8) is 0 Å². The smallest absolute Gasteiger partial charge is 0.241 e. The van der Waals surface area contributed by atoms with E-state index < -0.39 is 37.5 Å². The minimum atomic E-state index is -4.30. The molecule has 5 rings (SSSR count). The van der Waals surface area contributed by atoms with Crippen molar-refractivity contribution < 1.29 is 26.8 Å². The van der Waals surface area contributed by atoms with E-state index >= 15 is 0 Å². The molecule has 3 N–H and O–H groups in total. The number of benzene rings is 1. The van der Waals surface area contributed by atoms with Gasteiger partial charge in [-0.25, -0.2) is 17.2 Å². The highest BCUT2D eigenvalue weighted by atomic mass is 32.2. The standard InChI is InChI=1S/C22H28F2N2O4S/c1-21(2,26-31(29,30)17-6-15(23)5-16(24)7-17)19(27)8-18-13-3-12-4-14(18)11-22(9-12,10-13)20(25)28/h5-7,12-14,18,26H,3-4,8-11H2,1-2H3,(H2,25,28). The number of halogens is 2. The van der Waals surface area contributed by atoms with Crippen LogP contribution in [0.5, 0.6) is 0 Å². The summed E-state index contributed by atoms with van der Waals surface area (Å²) in [5.41, 5.74) is 3.82. The zero-order chi connectivity index (χ0) is 22.8. The molecule has 4 aliphatic rings. The minimum Gasteiger partial charge on any atom is -0.369 e. The van der Waals surface area contributed by atoms with E-state index in [2.05, 4.69) is 4.72 Å². The van der Waals surface area contributed by atoms with Crippen LogP contribution < -0.4 is 10.5 Å². The average Bonchev–Trinajstić information content (AvgIpc) is 2.62. The van der Waals surface area contributed by atoms with Gasteiger partial charge in [0.15, 0.2) is 5.78 Å². The molecule has 0 spiro atoms. The van der Waals surface area contributed by atoms with Gasteiger partial charge in [-0.1, -0.05) is 0 Å². The van der Waals surface area contributed by atoms with Gasteiger partial charge in [-0.15, -0.1) is 0 Å². The maximum Gasteiger partial charge on any atom is 0.241 e. The van der Waals surface area contributed by atoms with Crippen molar-refractivity contribution in [3.8, 4) is 0 Å². The first-order chi connectivity index (χ1) is 14.3. The first-order valence-corrected chi connectivity index (χ1v) is 12.1. The predicted molar refractivity (Wildman–Crippen MR) is 109 cm³/mol. The number of carbonyl (C=O) groups is 2. The van der Waals surface area contributed by atoms with Crippen molar-refractivity contribution in [1.29, 1.82) is 0 Å². The van der Waals surface area contributed by atoms with Crippen molar-refractivity contribution in [2.75, 3.05) is 0 Å². The molecule has 4 saturated carbocycles. The number of rotatable bonds is 7. The number of ketones is 1. The quantitative estimate of drug-likeness (QED) is 0.661. The van der Waals surface area contributed by atoms with Crippen molar-refractivity contribution in [3.05, 3.63) is 29.8 Å². The average molecular weight is 455 g/mol. The number of carbonyl (C=O) groups excluding carboxylic acids is 2. The van der Waals surface area contributed by atoms with E-state index in [1.54, 1.807) is 0 Å². The molecule has 0 saturated heterocycles. The molecule has 0 radical (unpaired) electrons. The third kappa shape index (κ3) is 4.02. The van der Waals surface area contributed by atoms with Gasteiger partial charge >= 0.3 is 0 Å². The molecule has 170 valence electrons. The third-order valence-corrected chi connectivity index (χ3v) is 9.28. The molecule has 9 heteroatoms. The zero-order valence-corrected chi connectivity index (χ0v) is 18.5. The van der Waals surface area contributed by atoms with Crippen molar-refractivity contribution in [2.24, 2.45) is 34.8 Å². The number of primary amides is 1. The number of sulfonamides is 1. The number of nitrogens with two attached hydrogens (primary N) is 1. The van der Waals surface area contributed by atoms with E-state index in [0.29, 0.717) is 37.0 Å². The van der Waals surface area contributed by atoms with Gasteiger partial charge < -0.3 is 5.73 Å². The van der Waals surface area contributed by atoms with Crippen molar-refractivity contribution in [1.82, 2.24) is 4.72 Å². The van der Waals surface area contributed by atoms with Crippen LogP contribution in [-0.4, -0.2) is 25.6 Å². The van der Waals surface area contributed by atoms with E-state index in [-0.39, 0.29) is 35.9 Å². The van der Waals surface area contributed by atoms with Gasteiger partial charge in [-0.05, 0) is 81.8 Å². The van der Waals surface area contributed by atoms with E-state index in [1.807, 2.05) is 0 Å². The second kappa shape index (κ2) is 7.33. The van der Waals surface area contributed by atoms with Crippen molar-refractivity contribution >= 4 is 21.7 Å². The van der Waals surface area contributed by atoms with E-state index in [0.717, 1.165) is 19.3 Å². The molecule has 4 fully saturated rings. The number of hydrogen-bond donors (Lipinski definition) is 2. The molecule has 0 aromatic heterocycles. The Kier molecular flexibility index (Phi) is 5.28. The van der Waals surface area contributed by atoms with E-state index in [4.69, 9.17) is 5.73 Å². The Morgan fingerprint density at radius 3 is 2.16 bits per heavy atom. The fourth-order valence-electron chi connectivity index (χ4n) is 6.37. The maximum absolute atomic E-state index is 13.5. The Labute approximate surface area is 181 Å². The van der Waals surface area contributed by atoms with Crippen LogP contribution in [0, 0.1) is 40.7 Å². The fourth-order valence-corrected chi connectivity index (χ4v) is 7.81. The fraction of sp³-hybridized carbons (Fsp3) is 0.636. The monoisotopic (exact) mass is 454 g/mol. The summed E-state index contributed by atoms with van der Waals surface area (Å²) in [7, 11) is -4.30. The summed E-state index contributed by atoms with van der Waals surface area (Å²) in [6.45, 7) is 2.92. The molecular weight excluding hydrogens is 426 g/mol. The SMILES string of the molecule is CC(C)(NS(=O)(=O)c1cc(F)cc(F)c1)C(=O)CC1C2CC3CC1CC(C(N)=O)(C3)C2. The van der Waals surface area contributed by atoms with Gasteiger partial charge in [0.05, 0.1) is 10.4 Å². The number of amides is 1. The molecule has 1 amide bonds. The number of nitrogens with one attached hydrogen (secondary N) is 1. The molecule has 1 aromatic rings. The molecule has 4 bridgehead atoms. The number of Topliss-reactive ketones (excluding diaryl/α,β-unsaturated/α-hetero) is 1. The molecular formula is C22H28F2N2O4S. The van der Waals surface area contributed by atoms with Crippen molar-refractivity contribution in [2.45, 2.75) is 62.8 Å². The predicted octanol–water partition coefficient (Wildman–Crippen LogP) is 2.91. The Morgan fingerprint density at radius 1 is 1.10 bits per heavy atom. The summed E-state index contributed by atoms with van der Waals surface area (Å²) in [4.78, 5) is 24.7. The second-order valence-electron chi connectivity index (χ2n) is 10.2. The Morgan fingerprint density at radius 2 is 1.65 bits per heavy atom. The van der Waals surface area contributed by atoms with Crippen LogP contribution in [0.3, 0.4) is 0 Å². The van der Waals surface area contributed by atoms with E-state index in [1.165, 1.54) is 13.8 Å². The van der Waals surface area contributed by atoms with E-state index in [9.17, 15) is 26.8 Å². The first kappa shape index (κ1) is 22.3. The first-order valence-electron chi connectivity index (χ1n) is 10.6. The summed E-state index contributed by atoms with van der Waals surface area (Å²) in [6.07, 6.45) is 4.37. The molecule has 2 unspecified atom stereocenters. The number of hydrogen-bond acceptors (Lipinski definition) is 4. The molecule has 31 heavy (non-hydrogen) atoms. The van der Waals surface area contributed by atoms with Gasteiger partial charge in [0.2, 0.25) is 15.9 Å². The summed E-state index contributed by atoms with van der Waals surface area (Å²) in [5.74, 6) is -1.54. The normalized spacial score (nSPS) is 32.3.